The molecule has 4 atom stereocenters. The zero-order valence-electron chi connectivity index (χ0n) is 19.6. The second-order valence-corrected chi connectivity index (χ2v) is 9.60. The van der Waals surface area contributed by atoms with E-state index in [9.17, 15) is 19.8 Å². The van der Waals surface area contributed by atoms with Crippen LogP contribution in [-0.4, -0.2) is 52.1 Å². The fourth-order valence-electron chi connectivity index (χ4n) is 5.17. The van der Waals surface area contributed by atoms with Crippen molar-refractivity contribution in [2.45, 2.75) is 115 Å². The third-order valence-corrected chi connectivity index (χ3v) is 7.15. The number of amides is 1. The number of aliphatic hydroxyl groups excluding tert-OH is 2. The van der Waals surface area contributed by atoms with Gasteiger partial charge in [-0.3, -0.25) is 9.59 Å². The summed E-state index contributed by atoms with van der Waals surface area (Å²) >= 11 is 0. The van der Waals surface area contributed by atoms with Crippen LogP contribution in [0.15, 0.2) is 12.2 Å². The molecule has 1 aliphatic carbocycles. The van der Waals surface area contributed by atoms with Crippen LogP contribution in [0, 0.1) is 11.8 Å². The summed E-state index contributed by atoms with van der Waals surface area (Å²) < 4.78 is 0. The normalized spacial score (nSPS) is 25.5. The lowest BCUT2D eigenvalue weighted by atomic mass is 9.89. The molecule has 2 rings (SSSR count). The lowest BCUT2D eigenvalue weighted by molar-refractivity contribution is -0.136. The van der Waals surface area contributed by atoms with Crippen molar-refractivity contribution in [3.8, 4) is 0 Å². The van der Waals surface area contributed by atoms with Crippen LogP contribution in [0.4, 0.5) is 0 Å². The summed E-state index contributed by atoms with van der Waals surface area (Å²) in [6.07, 6.45) is 17.9. The van der Waals surface area contributed by atoms with E-state index in [2.05, 4.69) is 13.0 Å². The Morgan fingerprint density at radius 3 is 2.71 bits per heavy atom. The van der Waals surface area contributed by atoms with Crippen LogP contribution in [-0.2, 0) is 9.59 Å². The van der Waals surface area contributed by atoms with E-state index in [1.165, 1.54) is 0 Å². The van der Waals surface area contributed by atoms with Gasteiger partial charge in [-0.05, 0) is 50.9 Å². The quantitative estimate of drug-likeness (QED) is 0.304. The van der Waals surface area contributed by atoms with Crippen LogP contribution in [0.3, 0.4) is 0 Å². The van der Waals surface area contributed by atoms with Crippen LogP contribution < -0.4 is 0 Å². The molecule has 1 heterocycles. The van der Waals surface area contributed by atoms with Crippen molar-refractivity contribution in [3.05, 3.63) is 12.2 Å². The van der Waals surface area contributed by atoms with Crippen LogP contribution in [0.5, 0.6) is 0 Å². The van der Waals surface area contributed by atoms with Gasteiger partial charge in [-0.2, -0.15) is 0 Å². The fraction of sp³-hybridized carbons (Fsp3) is 0.846. The van der Waals surface area contributed by atoms with Gasteiger partial charge >= 0.3 is 0 Å². The van der Waals surface area contributed by atoms with Gasteiger partial charge in [-0.1, -0.05) is 57.6 Å². The van der Waals surface area contributed by atoms with Gasteiger partial charge in [0.15, 0.2) is 0 Å². The van der Waals surface area contributed by atoms with Crippen LogP contribution in [0.1, 0.15) is 103 Å². The SMILES string of the molecule is CCCCCC(O)C=C[C@H]1CCC(=O)[C@@H]1CCCCCCC(=O)N1CCCCC1CO. The maximum absolute atomic E-state index is 12.4. The number of unbranched alkanes of at least 4 members (excludes halogenated alkanes) is 5. The molecule has 0 bridgehead atoms. The Bertz CT molecular complexity index is 562. The van der Waals surface area contributed by atoms with Gasteiger partial charge in [0, 0.05) is 25.3 Å². The third kappa shape index (κ3) is 9.05. The molecule has 5 heteroatoms. The van der Waals surface area contributed by atoms with Crippen LogP contribution >= 0.6 is 0 Å². The molecule has 0 spiro atoms. The van der Waals surface area contributed by atoms with Gasteiger partial charge in [0.1, 0.15) is 5.78 Å². The number of hydrogen-bond donors (Lipinski definition) is 2. The predicted molar refractivity (Wildman–Crippen MR) is 125 cm³/mol. The number of carbonyl (C=O) groups excluding carboxylic acids is 2. The lowest BCUT2D eigenvalue weighted by Gasteiger charge is -2.34. The maximum atomic E-state index is 12.4. The van der Waals surface area contributed by atoms with Crippen molar-refractivity contribution in [3.63, 3.8) is 0 Å². The number of carbonyl (C=O) groups is 2. The van der Waals surface area contributed by atoms with Gasteiger partial charge in [-0.15, -0.1) is 0 Å². The first-order chi connectivity index (χ1) is 15.1. The Morgan fingerprint density at radius 1 is 1.13 bits per heavy atom. The van der Waals surface area contributed by atoms with Crippen LogP contribution in [0.25, 0.3) is 0 Å². The topological polar surface area (TPSA) is 77.8 Å². The molecule has 2 fully saturated rings. The molecular weight excluding hydrogens is 390 g/mol. The number of allylic oxidation sites excluding steroid dienone is 1. The molecule has 1 saturated heterocycles. The number of hydrogen-bond acceptors (Lipinski definition) is 4. The summed E-state index contributed by atoms with van der Waals surface area (Å²) in [6.45, 7) is 3.03. The fourth-order valence-corrected chi connectivity index (χ4v) is 5.17. The van der Waals surface area contributed by atoms with E-state index in [1.807, 2.05) is 11.0 Å². The van der Waals surface area contributed by atoms with E-state index in [0.29, 0.717) is 18.6 Å². The zero-order chi connectivity index (χ0) is 22.5. The Hall–Kier alpha value is -1.20. The first-order valence-electron chi connectivity index (χ1n) is 12.9. The third-order valence-electron chi connectivity index (χ3n) is 7.15. The van der Waals surface area contributed by atoms with E-state index in [4.69, 9.17) is 0 Å². The number of piperidine rings is 1. The Balaban J connectivity index is 1.62. The van der Waals surface area contributed by atoms with Gasteiger partial charge in [0.25, 0.3) is 0 Å². The van der Waals surface area contributed by atoms with Crippen molar-refractivity contribution in [2.24, 2.45) is 11.8 Å². The van der Waals surface area contributed by atoms with Gasteiger partial charge in [-0.25, -0.2) is 0 Å². The van der Waals surface area contributed by atoms with Gasteiger partial charge in [0.2, 0.25) is 5.91 Å². The predicted octanol–water partition coefficient (Wildman–Crippen LogP) is 4.79. The van der Waals surface area contributed by atoms with Gasteiger partial charge < -0.3 is 15.1 Å². The second-order valence-electron chi connectivity index (χ2n) is 9.60. The molecule has 1 aliphatic heterocycles. The Labute approximate surface area is 189 Å². The van der Waals surface area contributed by atoms with E-state index in [0.717, 1.165) is 90.0 Å². The van der Waals surface area contributed by atoms with Crippen molar-refractivity contribution in [1.82, 2.24) is 4.90 Å². The highest BCUT2D eigenvalue weighted by Gasteiger charge is 2.32. The molecule has 2 N–H and O–H groups in total. The smallest absolute Gasteiger partial charge is 0.222 e. The van der Waals surface area contributed by atoms with Gasteiger partial charge in [0.05, 0.1) is 18.8 Å². The summed E-state index contributed by atoms with van der Waals surface area (Å²) in [5, 5.41) is 19.6. The molecule has 1 saturated carbocycles. The summed E-state index contributed by atoms with van der Waals surface area (Å²) in [6, 6.07) is 0.0183. The highest BCUT2D eigenvalue weighted by atomic mass is 16.3. The second kappa shape index (κ2) is 14.8. The standard InChI is InChI=1S/C26H45NO4/c1-2-3-6-12-23(29)17-15-21-16-18-25(30)24(21)13-7-4-5-8-14-26(31)27-19-10-9-11-22(27)20-28/h15,17,21-24,28-29H,2-14,16,18-20H2,1H3/t21-,22?,23?,24+/m0/s1. The molecule has 178 valence electrons. The molecule has 0 radical (unpaired) electrons. The summed E-state index contributed by atoms with van der Waals surface area (Å²) in [7, 11) is 0. The Morgan fingerprint density at radius 2 is 1.94 bits per heavy atom. The number of nitrogens with zero attached hydrogens (tertiary/aromatic N) is 1. The average Bonchev–Trinajstić information content (AvgIpc) is 3.14. The minimum Gasteiger partial charge on any atom is -0.394 e. The van der Waals surface area contributed by atoms with E-state index in [-0.39, 0.29) is 36.5 Å². The maximum Gasteiger partial charge on any atom is 0.222 e. The molecule has 0 aromatic carbocycles. The largest absolute Gasteiger partial charge is 0.394 e. The number of aliphatic hydroxyl groups is 2. The van der Waals surface area contributed by atoms with E-state index in [1.54, 1.807) is 0 Å². The molecular formula is C26H45NO4. The molecule has 0 aromatic rings. The first kappa shape index (κ1) is 26.1. The number of Topliss-reactive ketones (excluding diaryl/α,β-unsaturated/α-hetero) is 1. The number of likely N-dealkylation sites (tertiary alicyclic amines) is 1. The molecule has 2 unspecified atom stereocenters. The van der Waals surface area contributed by atoms with E-state index < -0.39 is 0 Å². The number of rotatable bonds is 14. The monoisotopic (exact) mass is 435 g/mol. The minimum absolute atomic E-state index is 0.0183. The molecule has 2 aliphatic rings. The summed E-state index contributed by atoms with van der Waals surface area (Å²) in [4.78, 5) is 26.6. The average molecular weight is 436 g/mol. The van der Waals surface area contributed by atoms with Crippen molar-refractivity contribution < 1.29 is 19.8 Å². The first-order valence-corrected chi connectivity index (χ1v) is 12.9. The Kier molecular flexibility index (Phi) is 12.4. The lowest BCUT2D eigenvalue weighted by Crippen LogP contribution is -2.45. The highest BCUT2D eigenvalue weighted by Crippen LogP contribution is 2.34. The summed E-state index contributed by atoms with van der Waals surface area (Å²) in [5.41, 5.74) is 0. The number of ketones is 1. The van der Waals surface area contributed by atoms with Crippen molar-refractivity contribution >= 4 is 11.7 Å². The minimum atomic E-state index is -0.384. The molecule has 31 heavy (non-hydrogen) atoms. The summed E-state index contributed by atoms with van der Waals surface area (Å²) in [5.74, 6) is 0.960. The van der Waals surface area contributed by atoms with Crippen molar-refractivity contribution in [2.75, 3.05) is 13.2 Å². The van der Waals surface area contributed by atoms with E-state index >= 15 is 0 Å². The van der Waals surface area contributed by atoms with Crippen molar-refractivity contribution in [1.29, 1.82) is 0 Å². The molecule has 1 amide bonds. The molecule has 0 aromatic heterocycles. The van der Waals surface area contributed by atoms with Crippen LogP contribution in [0.2, 0.25) is 0 Å². The highest BCUT2D eigenvalue weighted by molar-refractivity contribution is 5.83. The molecule has 5 nitrogen and oxygen atoms in total. The zero-order valence-corrected chi connectivity index (χ0v) is 19.6.